The summed E-state index contributed by atoms with van der Waals surface area (Å²) in [6.45, 7) is 0.269. The predicted octanol–water partition coefficient (Wildman–Crippen LogP) is 3.63. The highest BCUT2D eigenvalue weighted by molar-refractivity contribution is 6.32. The van der Waals surface area contributed by atoms with Crippen LogP contribution in [0.15, 0.2) is 48.5 Å². The lowest BCUT2D eigenvalue weighted by molar-refractivity contribution is 0.0940. The number of aromatic nitrogens is 3. The molecule has 1 saturated carbocycles. The van der Waals surface area contributed by atoms with Gasteiger partial charge in [-0.3, -0.25) is 4.79 Å². The van der Waals surface area contributed by atoms with E-state index in [9.17, 15) is 4.79 Å². The van der Waals surface area contributed by atoms with Crippen LogP contribution in [0, 0.1) is 11.3 Å². The standard InChI is InChI=1S/C21H18ClN5O2/c22-17-6-1-2-7-18(17)27-20(15-8-9-15)25-19(26-27)21(28)24-13-14-4-3-5-16(12-14)29-11-10-23/h1-7,12,15H,8-9,11,13H2,(H,24,28). The molecule has 0 saturated heterocycles. The highest BCUT2D eigenvalue weighted by atomic mass is 35.5. The number of hydrogen-bond acceptors (Lipinski definition) is 5. The van der Waals surface area contributed by atoms with Crippen molar-refractivity contribution in [3.05, 3.63) is 70.8 Å². The van der Waals surface area contributed by atoms with Gasteiger partial charge in [0.1, 0.15) is 17.6 Å². The van der Waals surface area contributed by atoms with E-state index >= 15 is 0 Å². The quantitative estimate of drug-likeness (QED) is 0.645. The molecule has 0 bridgehead atoms. The van der Waals surface area contributed by atoms with Gasteiger partial charge in [0.15, 0.2) is 6.61 Å². The second-order valence-electron chi connectivity index (χ2n) is 6.71. The van der Waals surface area contributed by atoms with Crippen LogP contribution < -0.4 is 10.1 Å². The molecule has 1 fully saturated rings. The van der Waals surface area contributed by atoms with E-state index in [1.807, 2.05) is 36.4 Å². The molecule has 1 N–H and O–H groups in total. The Balaban J connectivity index is 1.50. The molecule has 0 atom stereocenters. The summed E-state index contributed by atoms with van der Waals surface area (Å²) in [5.74, 6) is 1.39. The van der Waals surface area contributed by atoms with Crippen molar-refractivity contribution < 1.29 is 9.53 Å². The molecule has 4 rings (SSSR count). The van der Waals surface area contributed by atoms with E-state index in [0.717, 1.165) is 24.2 Å². The van der Waals surface area contributed by atoms with Crippen LogP contribution >= 0.6 is 11.6 Å². The zero-order valence-corrected chi connectivity index (χ0v) is 16.3. The second-order valence-corrected chi connectivity index (χ2v) is 7.12. The topological polar surface area (TPSA) is 92.8 Å². The van der Waals surface area contributed by atoms with Crippen LogP contribution in [0.25, 0.3) is 5.69 Å². The van der Waals surface area contributed by atoms with Crippen molar-refractivity contribution in [3.63, 3.8) is 0 Å². The summed E-state index contributed by atoms with van der Waals surface area (Å²) in [4.78, 5) is 17.1. The third kappa shape index (κ3) is 4.39. The number of rotatable bonds is 7. The van der Waals surface area contributed by atoms with Crippen LogP contribution in [0.1, 0.15) is 40.8 Å². The Hall–Kier alpha value is -3.37. The van der Waals surface area contributed by atoms with Gasteiger partial charge in [0, 0.05) is 12.5 Å². The maximum atomic E-state index is 12.6. The van der Waals surface area contributed by atoms with E-state index in [-0.39, 0.29) is 18.3 Å². The van der Waals surface area contributed by atoms with Crippen molar-refractivity contribution in [2.75, 3.05) is 6.61 Å². The van der Waals surface area contributed by atoms with Crippen molar-refractivity contribution >= 4 is 17.5 Å². The first-order chi connectivity index (χ1) is 14.2. The van der Waals surface area contributed by atoms with Gasteiger partial charge in [-0.15, -0.1) is 5.10 Å². The van der Waals surface area contributed by atoms with Gasteiger partial charge in [-0.2, -0.15) is 5.26 Å². The molecule has 1 aromatic heterocycles. The van der Waals surface area contributed by atoms with E-state index in [0.29, 0.717) is 28.9 Å². The molecule has 0 aliphatic heterocycles. The number of hydrogen-bond donors (Lipinski definition) is 1. The summed E-state index contributed by atoms with van der Waals surface area (Å²) in [7, 11) is 0. The summed E-state index contributed by atoms with van der Waals surface area (Å²) >= 11 is 6.32. The number of nitriles is 1. The van der Waals surface area contributed by atoms with E-state index in [4.69, 9.17) is 21.6 Å². The predicted molar refractivity (Wildman–Crippen MR) is 107 cm³/mol. The molecule has 2 aromatic carbocycles. The van der Waals surface area contributed by atoms with E-state index in [1.54, 1.807) is 22.9 Å². The van der Waals surface area contributed by atoms with Gasteiger partial charge in [0.05, 0.1) is 10.7 Å². The minimum atomic E-state index is -0.360. The molecular weight excluding hydrogens is 390 g/mol. The first kappa shape index (κ1) is 19.0. The highest BCUT2D eigenvalue weighted by Gasteiger charge is 2.32. The molecule has 8 heteroatoms. The largest absolute Gasteiger partial charge is 0.479 e. The van der Waals surface area contributed by atoms with Crippen LogP contribution in [0.2, 0.25) is 5.02 Å². The first-order valence-corrected chi connectivity index (χ1v) is 9.62. The van der Waals surface area contributed by atoms with Crippen molar-refractivity contribution in [2.45, 2.75) is 25.3 Å². The number of ether oxygens (including phenoxy) is 1. The third-order valence-electron chi connectivity index (χ3n) is 4.51. The lowest BCUT2D eigenvalue weighted by Gasteiger charge is -2.06. The van der Waals surface area contributed by atoms with E-state index in [2.05, 4.69) is 15.4 Å². The summed E-state index contributed by atoms with van der Waals surface area (Å²) in [5, 5.41) is 16.4. The van der Waals surface area contributed by atoms with Gasteiger partial charge in [0.2, 0.25) is 5.82 Å². The maximum absolute atomic E-state index is 12.6. The molecule has 0 radical (unpaired) electrons. The fraction of sp³-hybridized carbons (Fsp3) is 0.238. The first-order valence-electron chi connectivity index (χ1n) is 9.24. The third-order valence-corrected chi connectivity index (χ3v) is 4.83. The Morgan fingerprint density at radius 1 is 1.28 bits per heavy atom. The van der Waals surface area contributed by atoms with Gasteiger partial charge in [-0.1, -0.05) is 35.9 Å². The Morgan fingerprint density at radius 2 is 2.10 bits per heavy atom. The average molecular weight is 408 g/mol. The molecule has 3 aromatic rings. The van der Waals surface area contributed by atoms with E-state index < -0.39 is 0 Å². The lowest BCUT2D eigenvalue weighted by atomic mass is 10.2. The van der Waals surface area contributed by atoms with Crippen LogP contribution in [0.3, 0.4) is 0 Å². The molecule has 1 aliphatic rings. The summed E-state index contributed by atoms with van der Waals surface area (Å²) < 4.78 is 6.96. The van der Waals surface area contributed by atoms with Gasteiger partial charge >= 0.3 is 0 Å². The molecule has 7 nitrogen and oxygen atoms in total. The number of nitrogens with one attached hydrogen (secondary N) is 1. The highest BCUT2D eigenvalue weighted by Crippen LogP contribution is 2.40. The minimum absolute atomic E-state index is 0.0246. The number of carbonyl (C=O) groups excluding carboxylic acids is 1. The summed E-state index contributed by atoms with van der Waals surface area (Å²) in [6, 6.07) is 16.5. The molecule has 1 amide bonds. The molecule has 0 unspecified atom stereocenters. The Morgan fingerprint density at radius 3 is 2.86 bits per heavy atom. The minimum Gasteiger partial charge on any atom is -0.479 e. The van der Waals surface area contributed by atoms with Gasteiger partial charge in [-0.25, -0.2) is 9.67 Å². The normalized spacial score (nSPS) is 13.0. The van der Waals surface area contributed by atoms with Gasteiger partial charge in [-0.05, 0) is 42.7 Å². The second kappa shape index (κ2) is 8.33. The van der Waals surface area contributed by atoms with E-state index in [1.165, 1.54) is 0 Å². The molecule has 1 heterocycles. The van der Waals surface area contributed by atoms with Crippen LogP contribution in [0.4, 0.5) is 0 Å². The molecular formula is C21H18ClN5O2. The number of nitrogens with zero attached hydrogens (tertiary/aromatic N) is 4. The number of carbonyl (C=O) groups is 1. The Bertz CT molecular complexity index is 1080. The van der Waals surface area contributed by atoms with Crippen LogP contribution in [-0.2, 0) is 6.54 Å². The maximum Gasteiger partial charge on any atom is 0.291 e. The van der Waals surface area contributed by atoms with Crippen molar-refractivity contribution in [3.8, 4) is 17.5 Å². The van der Waals surface area contributed by atoms with Gasteiger partial charge < -0.3 is 10.1 Å². The summed E-state index contributed by atoms with van der Waals surface area (Å²) in [5.41, 5.74) is 1.56. The monoisotopic (exact) mass is 407 g/mol. The number of amides is 1. The molecule has 146 valence electrons. The Labute approximate surface area is 172 Å². The molecule has 0 spiro atoms. The zero-order chi connectivity index (χ0) is 20.2. The van der Waals surface area contributed by atoms with Crippen LogP contribution in [-0.4, -0.2) is 27.3 Å². The average Bonchev–Trinajstić information content (AvgIpc) is 3.49. The fourth-order valence-corrected chi connectivity index (χ4v) is 3.16. The molecule has 29 heavy (non-hydrogen) atoms. The smallest absolute Gasteiger partial charge is 0.291 e. The number of para-hydroxylation sites is 1. The van der Waals surface area contributed by atoms with Crippen molar-refractivity contribution in [1.29, 1.82) is 5.26 Å². The lowest BCUT2D eigenvalue weighted by Crippen LogP contribution is -2.24. The van der Waals surface area contributed by atoms with Crippen LogP contribution in [0.5, 0.6) is 5.75 Å². The van der Waals surface area contributed by atoms with Crippen molar-refractivity contribution in [1.82, 2.24) is 20.1 Å². The fourth-order valence-electron chi connectivity index (χ4n) is 2.95. The Kier molecular flexibility index (Phi) is 5.45. The molecule has 1 aliphatic carbocycles. The number of benzene rings is 2. The van der Waals surface area contributed by atoms with Gasteiger partial charge in [0.25, 0.3) is 5.91 Å². The zero-order valence-electron chi connectivity index (χ0n) is 15.5. The summed E-state index contributed by atoms with van der Waals surface area (Å²) in [6.07, 6.45) is 2.05. The SMILES string of the molecule is N#CCOc1cccc(CNC(=O)c2nc(C3CC3)n(-c3ccccc3Cl)n2)c1. The number of halogens is 1. The van der Waals surface area contributed by atoms with Crippen molar-refractivity contribution in [2.24, 2.45) is 0 Å².